The first-order valence-electron chi connectivity index (χ1n) is 6.49. The lowest BCUT2D eigenvalue weighted by atomic mass is 10.1. The number of hydrogen-bond acceptors (Lipinski definition) is 1. The molecule has 0 heterocycles. The van der Waals surface area contributed by atoms with Gasteiger partial charge in [0.05, 0.1) is 0 Å². The van der Waals surface area contributed by atoms with Crippen molar-refractivity contribution in [1.82, 2.24) is 0 Å². The molecule has 0 saturated heterocycles. The summed E-state index contributed by atoms with van der Waals surface area (Å²) in [5.41, 5.74) is 4.52. The molecule has 3 rings (SSSR count). The topological polar surface area (TPSA) is 12.0 Å². The van der Waals surface area contributed by atoms with Gasteiger partial charge in [0.1, 0.15) is 0 Å². The summed E-state index contributed by atoms with van der Waals surface area (Å²) in [6.45, 7) is 0. The van der Waals surface area contributed by atoms with Crippen LogP contribution in [-0.2, 0) is 0 Å². The summed E-state index contributed by atoms with van der Waals surface area (Å²) in [5.74, 6) is 0. The molecule has 1 N–H and O–H groups in total. The number of anilines is 2. The van der Waals surface area contributed by atoms with Crippen LogP contribution in [0.15, 0.2) is 78.9 Å². The van der Waals surface area contributed by atoms with Gasteiger partial charge in [0.15, 0.2) is 0 Å². The van der Waals surface area contributed by atoms with E-state index in [4.69, 9.17) is 11.6 Å². The van der Waals surface area contributed by atoms with Gasteiger partial charge in [-0.2, -0.15) is 0 Å². The largest absolute Gasteiger partial charge is 0.356 e. The molecule has 1 nitrogen and oxygen atoms in total. The van der Waals surface area contributed by atoms with Crippen molar-refractivity contribution >= 4 is 23.0 Å². The van der Waals surface area contributed by atoms with Crippen molar-refractivity contribution in [2.45, 2.75) is 0 Å². The highest BCUT2D eigenvalue weighted by molar-refractivity contribution is 6.30. The fourth-order valence-electron chi connectivity index (χ4n) is 2.08. The number of nitrogens with one attached hydrogen (secondary N) is 1. The van der Waals surface area contributed by atoms with Crippen LogP contribution in [0.3, 0.4) is 0 Å². The van der Waals surface area contributed by atoms with Gasteiger partial charge in [0.2, 0.25) is 0 Å². The van der Waals surface area contributed by atoms with Crippen molar-refractivity contribution in [2.24, 2.45) is 0 Å². The lowest BCUT2D eigenvalue weighted by Gasteiger charge is -2.07. The van der Waals surface area contributed by atoms with E-state index in [-0.39, 0.29) is 0 Å². The fourth-order valence-corrected chi connectivity index (χ4v) is 2.20. The first-order valence-corrected chi connectivity index (χ1v) is 6.87. The van der Waals surface area contributed by atoms with Gasteiger partial charge in [-0.15, -0.1) is 0 Å². The Kier molecular flexibility index (Phi) is 3.71. The summed E-state index contributed by atoms with van der Waals surface area (Å²) in [4.78, 5) is 0. The van der Waals surface area contributed by atoms with E-state index in [1.165, 1.54) is 11.1 Å². The van der Waals surface area contributed by atoms with Crippen molar-refractivity contribution in [3.05, 3.63) is 83.9 Å². The molecule has 3 aromatic rings. The minimum Gasteiger partial charge on any atom is -0.356 e. The molecular formula is C18H14ClN. The van der Waals surface area contributed by atoms with Gasteiger partial charge in [-0.25, -0.2) is 0 Å². The van der Waals surface area contributed by atoms with Crippen LogP contribution in [0.2, 0.25) is 5.02 Å². The van der Waals surface area contributed by atoms with Crippen molar-refractivity contribution in [3.8, 4) is 11.1 Å². The van der Waals surface area contributed by atoms with Crippen LogP contribution < -0.4 is 5.32 Å². The third-order valence-electron chi connectivity index (χ3n) is 3.12. The number of para-hydroxylation sites is 1. The zero-order valence-corrected chi connectivity index (χ0v) is 11.6. The maximum Gasteiger partial charge on any atom is 0.0406 e. The van der Waals surface area contributed by atoms with Gasteiger partial charge in [-0.05, 0) is 47.5 Å². The second-order valence-corrected chi connectivity index (χ2v) is 5.01. The van der Waals surface area contributed by atoms with Crippen LogP contribution in [0.4, 0.5) is 11.4 Å². The Morgan fingerprint density at radius 2 is 1.05 bits per heavy atom. The van der Waals surface area contributed by atoms with Gasteiger partial charge in [0.25, 0.3) is 0 Å². The molecule has 0 atom stereocenters. The number of rotatable bonds is 3. The predicted octanol–water partition coefficient (Wildman–Crippen LogP) is 5.75. The molecule has 3 aromatic carbocycles. The molecule has 0 amide bonds. The summed E-state index contributed by atoms with van der Waals surface area (Å²) in [6, 6.07) is 26.4. The van der Waals surface area contributed by atoms with Crippen LogP contribution in [0.5, 0.6) is 0 Å². The van der Waals surface area contributed by atoms with E-state index in [2.05, 4.69) is 29.6 Å². The summed E-state index contributed by atoms with van der Waals surface area (Å²) < 4.78 is 0. The lowest BCUT2D eigenvalue weighted by Crippen LogP contribution is -1.89. The highest BCUT2D eigenvalue weighted by atomic mass is 35.5. The molecule has 98 valence electrons. The SMILES string of the molecule is Clc1ccc(-c2ccc(Nc3ccccc3)cc2)cc1. The minimum absolute atomic E-state index is 0.760. The summed E-state index contributed by atoms with van der Waals surface area (Å²) in [7, 11) is 0. The Hall–Kier alpha value is -2.25. The Labute approximate surface area is 123 Å². The van der Waals surface area contributed by atoms with E-state index >= 15 is 0 Å². The quantitative estimate of drug-likeness (QED) is 0.643. The molecule has 0 aromatic heterocycles. The smallest absolute Gasteiger partial charge is 0.0406 e. The van der Waals surface area contributed by atoms with E-state index in [9.17, 15) is 0 Å². The monoisotopic (exact) mass is 279 g/mol. The maximum atomic E-state index is 5.90. The molecule has 0 aliphatic carbocycles. The summed E-state index contributed by atoms with van der Waals surface area (Å²) in [6.07, 6.45) is 0. The maximum absolute atomic E-state index is 5.90. The molecule has 2 heteroatoms. The highest BCUT2D eigenvalue weighted by Gasteiger charge is 1.98. The standard InChI is InChI=1S/C18H14ClN/c19-16-10-6-14(7-11-16)15-8-12-18(13-9-15)20-17-4-2-1-3-5-17/h1-13,20H. The number of hydrogen-bond donors (Lipinski definition) is 1. The summed E-state index contributed by atoms with van der Waals surface area (Å²) >= 11 is 5.90. The fraction of sp³-hybridized carbons (Fsp3) is 0. The first-order chi connectivity index (χ1) is 9.81. The molecule has 0 unspecified atom stereocenters. The third-order valence-corrected chi connectivity index (χ3v) is 3.38. The van der Waals surface area contributed by atoms with Crippen LogP contribution in [0.1, 0.15) is 0 Å². The average molecular weight is 280 g/mol. The molecule has 0 aliphatic heterocycles. The average Bonchev–Trinajstić information content (AvgIpc) is 2.50. The molecular weight excluding hydrogens is 266 g/mol. The van der Waals surface area contributed by atoms with Crippen LogP contribution in [0.25, 0.3) is 11.1 Å². The van der Waals surface area contributed by atoms with E-state index in [1.807, 2.05) is 54.6 Å². The summed E-state index contributed by atoms with van der Waals surface area (Å²) in [5, 5.41) is 4.13. The van der Waals surface area contributed by atoms with Gasteiger partial charge in [-0.3, -0.25) is 0 Å². The Bertz CT molecular complexity index is 673. The van der Waals surface area contributed by atoms with E-state index in [1.54, 1.807) is 0 Å². The van der Waals surface area contributed by atoms with Crippen LogP contribution in [0, 0.1) is 0 Å². The van der Waals surface area contributed by atoms with E-state index in [0.717, 1.165) is 16.4 Å². The predicted molar refractivity (Wildman–Crippen MR) is 86.6 cm³/mol. The molecule has 0 bridgehead atoms. The van der Waals surface area contributed by atoms with Gasteiger partial charge in [0, 0.05) is 16.4 Å². The van der Waals surface area contributed by atoms with Gasteiger partial charge in [-0.1, -0.05) is 54.1 Å². The minimum atomic E-state index is 0.760. The zero-order chi connectivity index (χ0) is 13.8. The number of benzene rings is 3. The second-order valence-electron chi connectivity index (χ2n) is 4.58. The van der Waals surface area contributed by atoms with Crippen molar-refractivity contribution in [1.29, 1.82) is 0 Å². The third kappa shape index (κ3) is 3.01. The molecule has 20 heavy (non-hydrogen) atoms. The first kappa shape index (κ1) is 12.8. The van der Waals surface area contributed by atoms with Crippen LogP contribution in [-0.4, -0.2) is 0 Å². The van der Waals surface area contributed by atoms with Gasteiger partial charge < -0.3 is 5.32 Å². The van der Waals surface area contributed by atoms with Crippen molar-refractivity contribution < 1.29 is 0 Å². The molecule has 0 saturated carbocycles. The van der Waals surface area contributed by atoms with Crippen molar-refractivity contribution in [3.63, 3.8) is 0 Å². The normalized spacial score (nSPS) is 10.2. The number of halogens is 1. The molecule has 0 aliphatic rings. The van der Waals surface area contributed by atoms with E-state index in [0.29, 0.717) is 0 Å². The molecule has 0 fully saturated rings. The van der Waals surface area contributed by atoms with Crippen molar-refractivity contribution in [2.75, 3.05) is 5.32 Å². The highest BCUT2D eigenvalue weighted by Crippen LogP contribution is 2.24. The Morgan fingerprint density at radius 1 is 0.550 bits per heavy atom. The van der Waals surface area contributed by atoms with Gasteiger partial charge >= 0.3 is 0 Å². The molecule has 0 spiro atoms. The van der Waals surface area contributed by atoms with E-state index < -0.39 is 0 Å². The zero-order valence-electron chi connectivity index (χ0n) is 10.9. The Balaban J connectivity index is 1.79. The Morgan fingerprint density at radius 3 is 1.65 bits per heavy atom. The lowest BCUT2D eigenvalue weighted by molar-refractivity contribution is 1.54. The van der Waals surface area contributed by atoms with Crippen LogP contribution >= 0.6 is 11.6 Å². The second kappa shape index (κ2) is 5.81. The molecule has 0 radical (unpaired) electrons.